The third-order valence-electron chi connectivity index (χ3n) is 4.62. The molecular formula is C22H15F3N2O3. The van der Waals surface area contributed by atoms with E-state index >= 15 is 0 Å². The van der Waals surface area contributed by atoms with Gasteiger partial charge >= 0.3 is 0 Å². The van der Waals surface area contributed by atoms with Gasteiger partial charge in [0.2, 0.25) is 0 Å². The van der Waals surface area contributed by atoms with Crippen LogP contribution in [0.2, 0.25) is 0 Å². The molecule has 8 heteroatoms. The molecule has 0 fully saturated rings. The normalized spacial score (nSPS) is 12.9. The van der Waals surface area contributed by atoms with Crippen molar-refractivity contribution in [1.82, 2.24) is 0 Å². The lowest BCUT2D eigenvalue weighted by molar-refractivity contribution is -0.121. The Morgan fingerprint density at radius 3 is 2.53 bits per heavy atom. The van der Waals surface area contributed by atoms with Crippen LogP contribution in [0.25, 0.3) is 0 Å². The smallest absolute Gasteiger partial charge is 0.265 e. The fourth-order valence-corrected chi connectivity index (χ4v) is 3.12. The van der Waals surface area contributed by atoms with Crippen LogP contribution < -0.4 is 15.0 Å². The molecule has 0 bridgehead atoms. The maximum Gasteiger partial charge on any atom is 0.265 e. The summed E-state index contributed by atoms with van der Waals surface area (Å²) in [6, 6.07) is 15.4. The molecule has 1 N–H and O–H groups in total. The number of nitrogens with one attached hydrogen (secondary N) is 1. The van der Waals surface area contributed by atoms with Gasteiger partial charge in [-0.3, -0.25) is 9.59 Å². The van der Waals surface area contributed by atoms with Crippen molar-refractivity contribution in [3.05, 3.63) is 89.2 Å². The molecule has 3 aromatic carbocycles. The zero-order chi connectivity index (χ0) is 21.3. The van der Waals surface area contributed by atoms with E-state index in [2.05, 4.69) is 5.32 Å². The van der Waals surface area contributed by atoms with Crippen molar-refractivity contribution in [3.63, 3.8) is 0 Å². The molecular weight excluding hydrogens is 397 g/mol. The zero-order valence-corrected chi connectivity index (χ0v) is 15.5. The summed E-state index contributed by atoms with van der Waals surface area (Å²) in [6.07, 6.45) is 0. The number of carbonyl (C=O) groups is 2. The second kappa shape index (κ2) is 7.90. The quantitative estimate of drug-likeness (QED) is 0.651. The molecule has 3 aromatic rings. The molecule has 0 saturated carbocycles. The van der Waals surface area contributed by atoms with Gasteiger partial charge in [-0.25, -0.2) is 13.2 Å². The number of rotatable bonds is 4. The predicted molar refractivity (Wildman–Crippen MR) is 104 cm³/mol. The summed E-state index contributed by atoms with van der Waals surface area (Å²) in [6.45, 7) is 0.177. The number of amides is 2. The summed E-state index contributed by atoms with van der Waals surface area (Å²) in [7, 11) is 0. The Kier molecular flexibility index (Phi) is 5.14. The molecule has 30 heavy (non-hydrogen) atoms. The molecule has 0 spiro atoms. The van der Waals surface area contributed by atoms with Crippen LogP contribution in [-0.4, -0.2) is 18.4 Å². The van der Waals surface area contributed by atoms with Crippen LogP contribution in [0.4, 0.5) is 24.5 Å². The van der Waals surface area contributed by atoms with Crippen LogP contribution in [-0.2, 0) is 11.3 Å². The summed E-state index contributed by atoms with van der Waals surface area (Å²) < 4.78 is 45.9. The summed E-state index contributed by atoms with van der Waals surface area (Å²) in [4.78, 5) is 26.3. The van der Waals surface area contributed by atoms with Crippen molar-refractivity contribution >= 4 is 23.2 Å². The minimum absolute atomic E-state index is 0.119. The second-order valence-corrected chi connectivity index (χ2v) is 6.61. The number of halogens is 3. The Balaban J connectivity index is 1.62. The van der Waals surface area contributed by atoms with Crippen LogP contribution in [0.5, 0.6) is 5.75 Å². The first-order chi connectivity index (χ1) is 14.4. The highest BCUT2D eigenvalue weighted by Crippen LogP contribution is 2.35. The first-order valence-corrected chi connectivity index (χ1v) is 9.00. The van der Waals surface area contributed by atoms with Gasteiger partial charge in [-0.2, -0.15) is 0 Å². The van der Waals surface area contributed by atoms with Gasteiger partial charge in [-0.15, -0.1) is 0 Å². The van der Waals surface area contributed by atoms with Gasteiger partial charge in [0, 0.05) is 5.69 Å². The molecule has 1 aliphatic rings. The number of hydrogen-bond acceptors (Lipinski definition) is 3. The molecule has 152 valence electrons. The van der Waals surface area contributed by atoms with E-state index in [-0.39, 0.29) is 18.2 Å². The van der Waals surface area contributed by atoms with Gasteiger partial charge in [0.15, 0.2) is 24.1 Å². The summed E-state index contributed by atoms with van der Waals surface area (Å²) in [5.41, 5.74) is 0.926. The molecule has 2 amide bonds. The van der Waals surface area contributed by atoms with Crippen molar-refractivity contribution < 1.29 is 27.5 Å². The molecule has 5 nitrogen and oxygen atoms in total. The minimum Gasteiger partial charge on any atom is -0.482 e. The average Bonchev–Trinajstić information content (AvgIpc) is 2.75. The molecule has 0 unspecified atom stereocenters. The van der Waals surface area contributed by atoms with E-state index in [9.17, 15) is 22.8 Å². The minimum atomic E-state index is -1.72. The van der Waals surface area contributed by atoms with Gasteiger partial charge in [-0.1, -0.05) is 30.3 Å². The maximum atomic E-state index is 13.9. The fraction of sp³-hybridized carbons (Fsp3) is 0.0909. The first-order valence-electron chi connectivity index (χ1n) is 9.00. The Hall–Kier alpha value is -3.81. The molecule has 4 rings (SSSR count). The van der Waals surface area contributed by atoms with E-state index in [1.54, 1.807) is 6.07 Å². The maximum absolute atomic E-state index is 13.9. The molecule has 0 aromatic heterocycles. The highest BCUT2D eigenvalue weighted by molar-refractivity contribution is 6.05. The van der Waals surface area contributed by atoms with Gasteiger partial charge in [0.25, 0.3) is 11.8 Å². The molecule has 1 aliphatic heterocycles. The summed E-state index contributed by atoms with van der Waals surface area (Å²) in [5.74, 6) is -5.45. The van der Waals surface area contributed by atoms with Crippen LogP contribution in [0.3, 0.4) is 0 Å². The third-order valence-corrected chi connectivity index (χ3v) is 4.62. The third kappa shape index (κ3) is 3.71. The number of ether oxygens (including phenoxy) is 1. The van der Waals surface area contributed by atoms with Crippen molar-refractivity contribution in [1.29, 1.82) is 0 Å². The van der Waals surface area contributed by atoms with Crippen LogP contribution in [0, 0.1) is 17.5 Å². The Labute approximate surface area is 169 Å². The number of carbonyl (C=O) groups excluding carboxylic acids is 2. The van der Waals surface area contributed by atoms with Crippen LogP contribution in [0.1, 0.15) is 15.9 Å². The highest BCUT2D eigenvalue weighted by atomic mass is 19.2. The van der Waals surface area contributed by atoms with E-state index in [4.69, 9.17) is 4.74 Å². The monoisotopic (exact) mass is 412 g/mol. The standard InChI is InChI=1S/C22H15F3N2O3/c23-16-8-7-15(20(24)21(16)25)22(29)26-14-6-9-18-17(10-14)27(19(28)12-30-18)11-13-4-2-1-3-5-13/h1-10H,11-12H2,(H,26,29). The summed E-state index contributed by atoms with van der Waals surface area (Å²) >= 11 is 0. The van der Waals surface area contributed by atoms with Crippen molar-refractivity contribution in [3.8, 4) is 5.75 Å². The van der Waals surface area contributed by atoms with E-state index in [0.29, 0.717) is 24.0 Å². The van der Waals surface area contributed by atoms with E-state index in [0.717, 1.165) is 11.6 Å². The Morgan fingerprint density at radius 2 is 1.77 bits per heavy atom. The Bertz CT molecular complexity index is 1140. The number of anilines is 2. The van der Waals surface area contributed by atoms with Crippen molar-refractivity contribution in [2.75, 3.05) is 16.8 Å². The lowest BCUT2D eigenvalue weighted by atomic mass is 10.1. The van der Waals surface area contributed by atoms with Crippen LogP contribution >= 0.6 is 0 Å². The van der Waals surface area contributed by atoms with E-state index < -0.39 is 28.9 Å². The largest absolute Gasteiger partial charge is 0.482 e. The van der Waals surface area contributed by atoms with Crippen LogP contribution in [0.15, 0.2) is 60.7 Å². The lowest BCUT2D eigenvalue weighted by Gasteiger charge is -2.30. The van der Waals surface area contributed by atoms with Crippen molar-refractivity contribution in [2.45, 2.75) is 6.54 Å². The zero-order valence-electron chi connectivity index (χ0n) is 15.5. The molecule has 0 aliphatic carbocycles. The topological polar surface area (TPSA) is 58.6 Å². The SMILES string of the molecule is O=C(Nc1ccc2c(c1)N(Cc1ccccc1)C(=O)CO2)c1ccc(F)c(F)c1F. The molecule has 1 heterocycles. The number of fused-ring (bicyclic) bond motifs is 1. The highest BCUT2D eigenvalue weighted by Gasteiger charge is 2.26. The number of hydrogen-bond donors (Lipinski definition) is 1. The van der Waals surface area contributed by atoms with Gasteiger partial charge in [-0.05, 0) is 35.9 Å². The fourth-order valence-electron chi connectivity index (χ4n) is 3.12. The van der Waals surface area contributed by atoms with E-state index in [1.807, 2.05) is 30.3 Å². The average molecular weight is 412 g/mol. The van der Waals surface area contributed by atoms with Gasteiger partial charge in [0.1, 0.15) is 5.75 Å². The number of benzene rings is 3. The second-order valence-electron chi connectivity index (χ2n) is 6.61. The predicted octanol–water partition coefficient (Wildman–Crippen LogP) is 4.28. The number of nitrogens with zero attached hydrogens (tertiary/aromatic N) is 1. The van der Waals surface area contributed by atoms with Crippen molar-refractivity contribution in [2.24, 2.45) is 0 Å². The van der Waals surface area contributed by atoms with Gasteiger partial charge in [0.05, 0.1) is 17.8 Å². The van der Waals surface area contributed by atoms with E-state index in [1.165, 1.54) is 17.0 Å². The Morgan fingerprint density at radius 1 is 1.00 bits per heavy atom. The summed E-state index contributed by atoms with van der Waals surface area (Å²) in [5, 5.41) is 2.43. The van der Waals surface area contributed by atoms with Gasteiger partial charge < -0.3 is 15.0 Å². The molecule has 0 atom stereocenters. The lowest BCUT2D eigenvalue weighted by Crippen LogP contribution is -2.38. The molecule has 0 radical (unpaired) electrons. The first kappa shape index (κ1) is 19.5. The molecule has 0 saturated heterocycles.